The third-order valence-electron chi connectivity index (χ3n) is 3.02. The van der Waals surface area contributed by atoms with Crippen LogP contribution in [0.4, 0.5) is 5.69 Å². The molecule has 0 bridgehead atoms. The fourth-order valence-electron chi connectivity index (χ4n) is 2.17. The van der Waals surface area contributed by atoms with Gasteiger partial charge in [0.25, 0.3) is 0 Å². The number of nitrogens with zero attached hydrogens (tertiary/aromatic N) is 1. The molecular formula is C13H19ClN2O. The summed E-state index contributed by atoms with van der Waals surface area (Å²) in [5.41, 5.74) is 7.99. The minimum Gasteiger partial charge on any atom is -0.320 e. The van der Waals surface area contributed by atoms with E-state index >= 15 is 0 Å². The second kappa shape index (κ2) is 6.03. The van der Waals surface area contributed by atoms with Gasteiger partial charge in [0.05, 0.1) is 6.04 Å². The quantitative estimate of drug-likeness (QED) is 0.835. The first-order valence-corrected chi connectivity index (χ1v) is 5.85. The van der Waals surface area contributed by atoms with Crippen LogP contribution in [0.1, 0.15) is 25.3 Å². The number of hydrogen-bond acceptors (Lipinski definition) is 2. The summed E-state index contributed by atoms with van der Waals surface area (Å²) >= 11 is 0. The van der Waals surface area contributed by atoms with Gasteiger partial charge in [0.2, 0.25) is 5.91 Å². The Labute approximate surface area is 108 Å². The molecule has 0 spiro atoms. The van der Waals surface area contributed by atoms with Crippen molar-refractivity contribution < 1.29 is 4.79 Å². The summed E-state index contributed by atoms with van der Waals surface area (Å²) in [6.45, 7) is 2.53. The van der Waals surface area contributed by atoms with Gasteiger partial charge in [-0.1, -0.05) is 18.2 Å². The van der Waals surface area contributed by atoms with Crippen molar-refractivity contribution in [1.82, 2.24) is 0 Å². The van der Waals surface area contributed by atoms with Gasteiger partial charge in [-0.2, -0.15) is 0 Å². The molecule has 2 N–H and O–H groups in total. The van der Waals surface area contributed by atoms with Crippen LogP contribution < -0.4 is 10.6 Å². The molecule has 1 aromatic carbocycles. The summed E-state index contributed by atoms with van der Waals surface area (Å²) < 4.78 is 0. The first kappa shape index (κ1) is 14.0. The van der Waals surface area contributed by atoms with Gasteiger partial charge in [-0.05, 0) is 37.8 Å². The molecule has 1 heterocycles. The van der Waals surface area contributed by atoms with E-state index < -0.39 is 6.04 Å². The predicted molar refractivity (Wildman–Crippen MR) is 72.6 cm³/mol. The molecule has 0 saturated heterocycles. The lowest BCUT2D eigenvalue weighted by Crippen LogP contribution is -2.42. The lowest BCUT2D eigenvalue weighted by molar-refractivity contribution is -0.119. The number of aryl methyl sites for hydroxylation is 1. The van der Waals surface area contributed by atoms with Crippen molar-refractivity contribution in [2.75, 3.05) is 11.4 Å². The molecule has 17 heavy (non-hydrogen) atoms. The molecule has 4 heteroatoms. The Hall–Kier alpha value is -1.06. The summed E-state index contributed by atoms with van der Waals surface area (Å²) in [4.78, 5) is 13.9. The molecular weight excluding hydrogens is 236 g/mol. The van der Waals surface area contributed by atoms with E-state index in [4.69, 9.17) is 5.73 Å². The van der Waals surface area contributed by atoms with E-state index in [1.807, 2.05) is 23.1 Å². The zero-order chi connectivity index (χ0) is 11.5. The number of para-hydroxylation sites is 1. The monoisotopic (exact) mass is 254 g/mol. The topological polar surface area (TPSA) is 46.3 Å². The first-order valence-electron chi connectivity index (χ1n) is 5.85. The minimum atomic E-state index is -0.425. The molecule has 1 atom stereocenters. The third kappa shape index (κ3) is 2.99. The third-order valence-corrected chi connectivity index (χ3v) is 3.02. The van der Waals surface area contributed by atoms with Gasteiger partial charge in [-0.25, -0.2) is 0 Å². The number of amides is 1. The van der Waals surface area contributed by atoms with E-state index in [2.05, 4.69) is 6.07 Å². The predicted octanol–water partition coefficient (Wildman–Crippen LogP) is 2.12. The Bertz CT molecular complexity index is 393. The number of fused-ring (bicyclic) bond motifs is 1. The van der Waals surface area contributed by atoms with Crippen LogP contribution in [0.25, 0.3) is 0 Å². The van der Waals surface area contributed by atoms with Crippen LogP contribution in [0, 0.1) is 0 Å². The lowest BCUT2D eigenvalue weighted by Gasteiger charge is -2.24. The zero-order valence-electron chi connectivity index (χ0n) is 10.1. The smallest absolute Gasteiger partial charge is 0.243 e. The van der Waals surface area contributed by atoms with Crippen molar-refractivity contribution in [1.29, 1.82) is 0 Å². The van der Waals surface area contributed by atoms with Gasteiger partial charge < -0.3 is 10.6 Å². The molecule has 0 radical (unpaired) electrons. The molecule has 1 amide bonds. The average molecular weight is 255 g/mol. The van der Waals surface area contributed by atoms with Crippen molar-refractivity contribution in [3.63, 3.8) is 0 Å². The Morgan fingerprint density at radius 1 is 1.35 bits per heavy atom. The molecule has 0 unspecified atom stereocenters. The average Bonchev–Trinajstić information content (AvgIpc) is 2.50. The number of carbonyl (C=O) groups is 1. The van der Waals surface area contributed by atoms with Gasteiger partial charge in [-0.15, -0.1) is 12.4 Å². The molecule has 3 nitrogen and oxygen atoms in total. The highest BCUT2D eigenvalue weighted by Gasteiger charge is 2.22. The molecule has 1 aromatic rings. The maximum Gasteiger partial charge on any atom is 0.243 e. The van der Waals surface area contributed by atoms with Crippen LogP contribution in [-0.4, -0.2) is 18.5 Å². The SMILES string of the molecule is C[C@H](N)C(=O)N1CCCCc2ccccc21.Cl. The van der Waals surface area contributed by atoms with Crippen molar-refractivity contribution >= 4 is 24.0 Å². The Kier molecular flexibility index (Phi) is 4.97. The van der Waals surface area contributed by atoms with E-state index in [1.165, 1.54) is 5.56 Å². The number of rotatable bonds is 1. The number of anilines is 1. The van der Waals surface area contributed by atoms with Gasteiger partial charge in [0, 0.05) is 12.2 Å². The van der Waals surface area contributed by atoms with Crippen LogP contribution in [-0.2, 0) is 11.2 Å². The maximum atomic E-state index is 12.0. The van der Waals surface area contributed by atoms with Crippen molar-refractivity contribution in [3.8, 4) is 0 Å². The molecule has 0 aromatic heterocycles. The normalized spacial score (nSPS) is 16.5. The van der Waals surface area contributed by atoms with Crippen LogP contribution in [0.5, 0.6) is 0 Å². The molecule has 0 saturated carbocycles. The fraction of sp³-hybridized carbons (Fsp3) is 0.462. The summed E-state index contributed by atoms with van der Waals surface area (Å²) in [5.74, 6) is 0.0225. The fourth-order valence-corrected chi connectivity index (χ4v) is 2.17. The van der Waals surface area contributed by atoms with Crippen LogP contribution in [0.3, 0.4) is 0 Å². The number of carbonyl (C=O) groups excluding carboxylic acids is 1. The number of nitrogens with two attached hydrogens (primary N) is 1. The van der Waals surface area contributed by atoms with Crippen molar-refractivity contribution in [2.24, 2.45) is 5.73 Å². The number of hydrogen-bond donors (Lipinski definition) is 1. The highest BCUT2D eigenvalue weighted by atomic mass is 35.5. The highest BCUT2D eigenvalue weighted by Crippen LogP contribution is 2.26. The minimum absolute atomic E-state index is 0. The van der Waals surface area contributed by atoms with Crippen LogP contribution in [0.2, 0.25) is 0 Å². The second-order valence-corrected chi connectivity index (χ2v) is 4.36. The second-order valence-electron chi connectivity index (χ2n) is 4.36. The lowest BCUT2D eigenvalue weighted by atomic mass is 10.1. The summed E-state index contributed by atoms with van der Waals surface area (Å²) in [5, 5.41) is 0. The maximum absolute atomic E-state index is 12.0. The van der Waals surface area contributed by atoms with Crippen LogP contribution >= 0.6 is 12.4 Å². The number of halogens is 1. The van der Waals surface area contributed by atoms with E-state index in [0.717, 1.165) is 31.5 Å². The van der Waals surface area contributed by atoms with Crippen LogP contribution in [0.15, 0.2) is 24.3 Å². The molecule has 1 aliphatic heterocycles. The Morgan fingerprint density at radius 2 is 2.06 bits per heavy atom. The molecule has 94 valence electrons. The highest BCUT2D eigenvalue weighted by molar-refractivity contribution is 5.97. The summed E-state index contributed by atoms with van der Waals surface area (Å²) in [7, 11) is 0. The summed E-state index contributed by atoms with van der Waals surface area (Å²) in [6.07, 6.45) is 3.24. The number of benzene rings is 1. The zero-order valence-corrected chi connectivity index (χ0v) is 10.9. The van der Waals surface area contributed by atoms with Gasteiger partial charge >= 0.3 is 0 Å². The Balaban J connectivity index is 0.00000144. The van der Waals surface area contributed by atoms with Crippen molar-refractivity contribution in [2.45, 2.75) is 32.2 Å². The van der Waals surface area contributed by atoms with Gasteiger partial charge in [0.1, 0.15) is 0 Å². The van der Waals surface area contributed by atoms with Crippen molar-refractivity contribution in [3.05, 3.63) is 29.8 Å². The first-order chi connectivity index (χ1) is 7.70. The molecule has 0 fully saturated rings. The largest absolute Gasteiger partial charge is 0.320 e. The molecule has 1 aliphatic rings. The summed E-state index contributed by atoms with van der Waals surface area (Å²) in [6, 6.07) is 7.69. The van der Waals surface area contributed by atoms with E-state index in [1.54, 1.807) is 6.92 Å². The van der Waals surface area contributed by atoms with Gasteiger partial charge in [0.15, 0.2) is 0 Å². The van der Waals surface area contributed by atoms with Gasteiger partial charge in [-0.3, -0.25) is 4.79 Å². The Morgan fingerprint density at radius 3 is 2.76 bits per heavy atom. The molecule has 0 aliphatic carbocycles. The standard InChI is InChI=1S/C13H18N2O.ClH/c1-10(14)13(16)15-9-5-4-7-11-6-2-3-8-12(11)15;/h2-3,6,8,10H,4-5,7,9,14H2,1H3;1H/t10-;/m0./s1. The van der Waals surface area contributed by atoms with E-state index in [0.29, 0.717) is 0 Å². The van der Waals surface area contributed by atoms with E-state index in [-0.39, 0.29) is 18.3 Å². The molecule has 2 rings (SSSR count). The van der Waals surface area contributed by atoms with E-state index in [9.17, 15) is 4.79 Å².